The van der Waals surface area contributed by atoms with Gasteiger partial charge in [-0.05, 0) is 18.9 Å². The van der Waals surface area contributed by atoms with E-state index in [9.17, 15) is 0 Å². The molecule has 0 radical (unpaired) electrons. The number of aliphatic hydroxyl groups is 1. The van der Waals surface area contributed by atoms with Crippen LogP contribution < -0.4 is 19.5 Å². The Bertz CT molecular complexity index is 719. The van der Waals surface area contributed by atoms with E-state index in [2.05, 4.69) is 15.3 Å². The monoisotopic (exact) mass is 349 g/mol. The molecule has 1 aromatic heterocycles. The van der Waals surface area contributed by atoms with Gasteiger partial charge >= 0.3 is 0 Å². The van der Waals surface area contributed by atoms with Crippen molar-refractivity contribution in [2.45, 2.75) is 32.6 Å². The van der Waals surface area contributed by atoms with Crippen molar-refractivity contribution < 1.29 is 19.3 Å². The number of nitrogens with zero attached hydrogens (tertiary/aromatic N) is 2. The van der Waals surface area contributed by atoms with Gasteiger partial charge in [0.2, 0.25) is 5.75 Å². The summed E-state index contributed by atoms with van der Waals surface area (Å²) < 4.78 is 16.5. The van der Waals surface area contributed by atoms with Gasteiger partial charge in [-0.25, -0.2) is 9.97 Å². The van der Waals surface area contributed by atoms with Crippen LogP contribution in [0.3, 0.4) is 0 Å². The molecule has 138 valence electrons. The smallest absolute Gasteiger partial charge is 0.205 e. The van der Waals surface area contributed by atoms with Crippen LogP contribution in [0.25, 0.3) is 10.9 Å². The van der Waals surface area contributed by atoms with Gasteiger partial charge in [0.15, 0.2) is 11.5 Å². The van der Waals surface area contributed by atoms with Crippen LogP contribution in [0.5, 0.6) is 17.2 Å². The van der Waals surface area contributed by atoms with Crippen molar-refractivity contribution in [3.63, 3.8) is 0 Å². The van der Waals surface area contributed by atoms with E-state index in [1.54, 1.807) is 21.3 Å². The Hall–Kier alpha value is -2.28. The highest BCUT2D eigenvalue weighted by Gasteiger charge is 2.21. The number of aliphatic hydroxyl groups excluding tert-OH is 1. The lowest BCUT2D eigenvalue weighted by molar-refractivity contribution is 0.286. The normalized spacial score (nSPS) is 11.0. The molecule has 0 aliphatic carbocycles. The predicted molar refractivity (Wildman–Crippen MR) is 98.1 cm³/mol. The van der Waals surface area contributed by atoms with Gasteiger partial charge in [0.05, 0.1) is 26.7 Å². The molecule has 1 aromatic carbocycles. The molecule has 25 heavy (non-hydrogen) atoms. The number of unbranched alkanes of at least 4 members (excludes halogenated alkanes) is 1. The fraction of sp³-hybridized carbons (Fsp3) is 0.556. The van der Waals surface area contributed by atoms with Crippen molar-refractivity contribution in [1.29, 1.82) is 0 Å². The van der Waals surface area contributed by atoms with Gasteiger partial charge in [0.1, 0.15) is 17.2 Å². The summed E-state index contributed by atoms with van der Waals surface area (Å²) in [6.07, 6.45) is 1.59. The van der Waals surface area contributed by atoms with Crippen LogP contribution in [0.4, 0.5) is 5.82 Å². The van der Waals surface area contributed by atoms with Crippen molar-refractivity contribution in [1.82, 2.24) is 9.97 Å². The Morgan fingerprint density at radius 3 is 2.32 bits per heavy atom. The molecule has 0 spiro atoms. The molecule has 0 bridgehead atoms. The van der Waals surface area contributed by atoms with Crippen molar-refractivity contribution in [3.05, 3.63) is 11.9 Å². The molecule has 0 aliphatic rings. The predicted octanol–water partition coefficient (Wildman–Crippen LogP) is 2.96. The van der Waals surface area contributed by atoms with E-state index in [4.69, 9.17) is 19.3 Å². The van der Waals surface area contributed by atoms with Gasteiger partial charge in [-0.15, -0.1) is 0 Å². The van der Waals surface area contributed by atoms with Gasteiger partial charge in [0, 0.05) is 19.1 Å². The van der Waals surface area contributed by atoms with E-state index >= 15 is 0 Å². The third-order valence-corrected chi connectivity index (χ3v) is 3.91. The van der Waals surface area contributed by atoms with Gasteiger partial charge in [0.25, 0.3) is 0 Å². The van der Waals surface area contributed by atoms with Gasteiger partial charge in [-0.3, -0.25) is 0 Å². The Balaban J connectivity index is 2.64. The second-order valence-corrected chi connectivity index (χ2v) is 5.98. The number of benzene rings is 1. The molecule has 1 heterocycles. The topological polar surface area (TPSA) is 85.7 Å². The van der Waals surface area contributed by atoms with E-state index in [-0.39, 0.29) is 12.5 Å². The molecule has 2 N–H and O–H groups in total. The summed E-state index contributed by atoms with van der Waals surface area (Å²) in [7, 11) is 4.74. The summed E-state index contributed by atoms with van der Waals surface area (Å²) in [4.78, 5) is 9.35. The average Bonchev–Trinajstić information content (AvgIpc) is 2.62. The van der Waals surface area contributed by atoms with Gasteiger partial charge in [-0.2, -0.15) is 0 Å². The zero-order valence-corrected chi connectivity index (χ0v) is 15.5. The SMILES string of the molecule is COc1cc2c(NCCCCO)nc(C(C)C)nc2c(OC)c1OC. The maximum Gasteiger partial charge on any atom is 0.205 e. The summed E-state index contributed by atoms with van der Waals surface area (Å²) in [5.74, 6) is 3.22. The van der Waals surface area contributed by atoms with Crippen LogP contribution in [0.15, 0.2) is 6.07 Å². The van der Waals surface area contributed by atoms with Crippen molar-refractivity contribution in [2.75, 3.05) is 39.8 Å². The molecule has 0 atom stereocenters. The minimum atomic E-state index is 0.167. The van der Waals surface area contributed by atoms with Crippen molar-refractivity contribution >= 4 is 16.7 Å². The fourth-order valence-electron chi connectivity index (χ4n) is 2.58. The largest absolute Gasteiger partial charge is 0.493 e. The quantitative estimate of drug-likeness (QED) is 0.673. The third-order valence-electron chi connectivity index (χ3n) is 3.91. The number of methoxy groups -OCH3 is 3. The molecule has 0 saturated carbocycles. The van der Waals surface area contributed by atoms with E-state index in [1.807, 2.05) is 19.9 Å². The molecular weight excluding hydrogens is 322 g/mol. The van der Waals surface area contributed by atoms with Crippen LogP contribution in [-0.2, 0) is 0 Å². The van der Waals surface area contributed by atoms with E-state index in [0.717, 1.165) is 29.9 Å². The summed E-state index contributed by atoms with van der Waals surface area (Å²) in [5.41, 5.74) is 0.684. The van der Waals surface area contributed by atoms with Crippen LogP contribution in [0, 0.1) is 0 Å². The lowest BCUT2D eigenvalue weighted by Crippen LogP contribution is -2.09. The molecular formula is C18H27N3O4. The van der Waals surface area contributed by atoms with Crippen LogP contribution in [-0.4, -0.2) is 49.6 Å². The van der Waals surface area contributed by atoms with E-state index in [0.29, 0.717) is 29.3 Å². The molecule has 7 nitrogen and oxygen atoms in total. The highest BCUT2D eigenvalue weighted by atomic mass is 16.5. The van der Waals surface area contributed by atoms with Gasteiger partial charge < -0.3 is 24.6 Å². The number of hydrogen-bond acceptors (Lipinski definition) is 7. The van der Waals surface area contributed by atoms with Crippen molar-refractivity contribution in [3.8, 4) is 17.2 Å². The Morgan fingerprint density at radius 1 is 1.04 bits per heavy atom. The average molecular weight is 349 g/mol. The number of hydrogen-bond donors (Lipinski definition) is 2. The molecule has 0 amide bonds. The number of aromatic nitrogens is 2. The third kappa shape index (κ3) is 4.04. The maximum absolute atomic E-state index is 8.95. The van der Waals surface area contributed by atoms with Gasteiger partial charge in [-0.1, -0.05) is 13.8 Å². The molecule has 0 unspecified atom stereocenters. The number of anilines is 1. The lowest BCUT2D eigenvalue weighted by Gasteiger charge is -2.18. The minimum absolute atomic E-state index is 0.167. The summed E-state index contributed by atoms with van der Waals surface area (Å²) in [6, 6.07) is 1.86. The number of ether oxygens (including phenoxy) is 3. The Morgan fingerprint density at radius 2 is 1.76 bits per heavy atom. The van der Waals surface area contributed by atoms with Crippen molar-refractivity contribution in [2.24, 2.45) is 0 Å². The Labute approximate surface area is 148 Å². The van der Waals surface area contributed by atoms with E-state index in [1.165, 1.54) is 0 Å². The molecule has 0 saturated heterocycles. The first-order chi connectivity index (χ1) is 12.1. The molecule has 7 heteroatoms. The Kier molecular flexibility index (Phi) is 6.64. The fourth-order valence-corrected chi connectivity index (χ4v) is 2.58. The summed E-state index contributed by atoms with van der Waals surface area (Å²) in [5, 5.41) is 13.1. The first-order valence-corrected chi connectivity index (χ1v) is 8.42. The summed E-state index contributed by atoms with van der Waals surface area (Å²) >= 11 is 0. The second kappa shape index (κ2) is 8.71. The second-order valence-electron chi connectivity index (χ2n) is 5.98. The molecule has 2 rings (SSSR count). The highest BCUT2D eigenvalue weighted by Crippen LogP contribution is 2.44. The number of rotatable bonds is 9. The van der Waals surface area contributed by atoms with Crippen LogP contribution in [0.2, 0.25) is 0 Å². The number of nitrogens with one attached hydrogen (secondary N) is 1. The zero-order chi connectivity index (χ0) is 18.4. The molecule has 0 aliphatic heterocycles. The van der Waals surface area contributed by atoms with Crippen LogP contribution in [0.1, 0.15) is 38.4 Å². The number of fused-ring (bicyclic) bond motifs is 1. The first kappa shape index (κ1) is 19.1. The lowest BCUT2D eigenvalue weighted by atomic mass is 10.1. The van der Waals surface area contributed by atoms with Crippen LogP contribution >= 0.6 is 0 Å². The minimum Gasteiger partial charge on any atom is -0.493 e. The zero-order valence-electron chi connectivity index (χ0n) is 15.5. The molecule has 2 aromatic rings. The molecule has 0 fully saturated rings. The standard InChI is InChI=1S/C18H27N3O4/c1-11(2)17-20-14-12(18(21-17)19-8-6-7-9-22)10-13(23-3)15(24-4)16(14)25-5/h10-11,22H,6-9H2,1-5H3,(H,19,20,21). The maximum atomic E-state index is 8.95. The summed E-state index contributed by atoms with van der Waals surface area (Å²) in [6.45, 7) is 4.98. The first-order valence-electron chi connectivity index (χ1n) is 8.42. The van der Waals surface area contributed by atoms with E-state index < -0.39 is 0 Å². The highest BCUT2D eigenvalue weighted by molar-refractivity contribution is 5.97.